The van der Waals surface area contributed by atoms with Crippen LogP contribution in [0.15, 0.2) is 60.7 Å². The molecule has 7 nitrogen and oxygen atoms in total. The largest absolute Gasteiger partial charge is 0.368 e. The summed E-state index contributed by atoms with van der Waals surface area (Å²) in [5.74, 6) is -0.211. The lowest BCUT2D eigenvalue weighted by Crippen LogP contribution is -2.48. The predicted octanol–water partition coefficient (Wildman–Crippen LogP) is 3.15. The fourth-order valence-electron chi connectivity index (χ4n) is 4.30. The van der Waals surface area contributed by atoms with Crippen molar-refractivity contribution in [3.05, 3.63) is 82.6 Å². The number of anilines is 1. The van der Waals surface area contributed by atoms with Crippen LogP contribution in [0.1, 0.15) is 26.5 Å². The van der Waals surface area contributed by atoms with E-state index < -0.39 is 0 Å². The van der Waals surface area contributed by atoms with Crippen LogP contribution < -0.4 is 4.90 Å². The lowest BCUT2D eigenvalue weighted by atomic mass is 10.2. The fraction of sp³-hybridized carbons (Fsp3) is 0.292. The van der Waals surface area contributed by atoms with E-state index in [0.29, 0.717) is 49.1 Å². The molecule has 8 heteroatoms. The number of aromatic nitrogens is 2. The summed E-state index contributed by atoms with van der Waals surface area (Å²) >= 11 is 6.11. The smallest absolute Gasteiger partial charge is 0.274 e. The van der Waals surface area contributed by atoms with Crippen molar-refractivity contribution < 1.29 is 9.59 Å². The number of hydrogen-bond acceptors (Lipinski definition) is 4. The quantitative estimate of drug-likeness (QED) is 0.614. The van der Waals surface area contributed by atoms with Crippen LogP contribution in [0.5, 0.6) is 0 Å². The molecule has 1 saturated heterocycles. The maximum atomic E-state index is 13.1. The molecular formula is C24H24ClN5O2. The summed E-state index contributed by atoms with van der Waals surface area (Å²) < 4.78 is 1.67. The molecule has 5 rings (SSSR count). The van der Waals surface area contributed by atoms with Crippen LogP contribution in [0.4, 0.5) is 5.69 Å². The normalized spacial score (nSPS) is 16.3. The summed E-state index contributed by atoms with van der Waals surface area (Å²) in [6.45, 7) is 4.37. The Morgan fingerprint density at radius 1 is 0.906 bits per heavy atom. The van der Waals surface area contributed by atoms with E-state index in [1.165, 1.54) is 0 Å². The Bertz CT molecular complexity index is 1140. The van der Waals surface area contributed by atoms with Gasteiger partial charge in [-0.1, -0.05) is 48.0 Å². The molecule has 164 valence electrons. The van der Waals surface area contributed by atoms with Crippen molar-refractivity contribution in [1.29, 1.82) is 0 Å². The van der Waals surface area contributed by atoms with Crippen molar-refractivity contribution in [2.45, 2.75) is 13.1 Å². The minimum absolute atomic E-state index is 0.0857. The first kappa shape index (κ1) is 20.6. The van der Waals surface area contributed by atoms with E-state index in [9.17, 15) is 9.59 Å². The Balaban J connectivity index is 1.25. The second kappa shape index (κ2) is 8.67. The SMILES string of the molecule is O=C(c1cc2n(n1)CCN(Cc1ccccc1)C2=O)N1CCN(c2cccc(Cl)c2)CC1. The van der Waals surface area contributed by atoms with Crippen molar-refractivity contribution in [2.24, 2.45) is 0 Å². The summed E-state index contributed by atoms with van der Waals surface area (Å²) in [4.78, 5) is 31.9. The Morgan fingerprint density at radius 3 is 2.44 bits per heavy atom. The number of rotatable bonds is 4. The number of piperazine rings is 1. The highest BCUT2D eigenvalue weighted by Gasteiger charge is 2.30. The highest BCUT2D eigenvalue weighted by atomic mass is 35.5. The number of hydrogen-bond donors (Lipinski definition) is 0. The zero-order valence-corrected chi connectivity index (χ0v) is 18.4. The van der Waals surface area contributed by atoms with Gasteiger partial charge in [-0.2, -0.15) is 5.10 Å². The molecule has 3 heterocycles. The van der Waals surface area contributed by atoms with E-state index in [2.05, 4.69) is 10.00 Å². The molecular weight excluding hydrogens is 426 g/mol. The monoisotopic (exact) mass is 449 g/mol. The molecule has 1 aromatic heterocycles. The number of carbonyl (C=O) groups is 2. The van der Waals surface area contributed by atoms with Gasteiger partial charge in [-0.3, -0.25) is 14.3 Å². The topological polar surface area (TPSA) is 61.7 Å². The van der Waals surface area contributed by atoms with Crippen molar-refractivity contribution >= 4 is 29.1 Å². The van der Waals surface area contributed by atoms with Crippen molar-refractivity contribution in [2.75, 3.05) is 37.6 Å². The highest BCUT2D eigenvalue weighted by molar-refractivity contribution is 6.30. The number of nitrogens with zero attached hydrogens (tertiary/aromatic N) is 5. The molecule has 1 fully saturated rings. The van der Waals surface area contributed by atoms with Crippen LogP contribution >= 0.6 is 11.6 Å². The van der Waals surface area contributed by atoms with Gasteiger partial charge < -0.3 is 14.7 Å². The molecule has 0 saturated carbocycles. The van der Waals surface area contributed by atoms with Crippen molar-refractivity contribution in [1.82, 2.24) is 19.6 Å². The third-order valence-corrected chi connectivity index (χ3v) is 6.28. The van der Waals surface area contributed by atoms with Crippen LogP contribution in [-0.4, -0.2) is 64.1 Å². The standard InChI is InChI=1S/C24H24ClN5O2/c25-19-7-4-8-20(15-19)27-9-11-28(12-10-27)23(31)21-16-22-24(32)29(13-14-30(22)26-21)17-18-5-2-1-3-6-18/h1-8,15-16H,9-14,17H2. The van der Waals surface area contributed by atoms with Gasteiger partial charge >= 0.3 is 0 Å². The molecule has 0 aliphatic carbocycles. The average molecular weight is 450 g/mol. The first-order chi connectivity index (χ1) is 15.6. The van der Waals surface area contributed by atoms with Crippen molar-refractivity contribution in [3.8, 4) is 0 Å². The molecule has 2 aromatic carbocycles. The maximum absolute atomic E-state index is 13.1. The summed E-state index contributed by atoms with van der Waals surface area (Å²) in [5.41, 5.74) is 2.97. The van der Waals surface area contributed by atoms with E-state index >= 15 is 0 Å². The van der Waals surface area contributed by atoms with Gasteiger partial charge in [0, 0.05) is 56.0 Å². The van der Waals surface area contributed by atoms with Crippen LogP contribution in [0, 0.1) is 0 Å². The molecule has 0 atom stereocenters. The molecule has 0 radical (unpaired) electrons. The molecule has 2 amide bonds. The van der Waals surface area contributed by atoms with Gasteiger partial charge in [-0.25, -0.2) is 0 Å². The zero-order valence-electron chi connectivity index (χ0n) is 17.7. The molecule has 0 N–H and O–H groups in total. The van der Waals surface area contributed by atoms with Crippen LogP contribution in [0.3, 0.4) is 0 Å². The Morgan fingerprint density at radius 2 is 1.69 bits per heavy atom. The van der Waals surface area contributed by atoms with Crippen LogP contribution in [0.2, 0.25) is 5.02 Å². The molecule has 2 aliphatic rings. The number of amides is 2. The Kier molecular flexibility index (Phi) is 5.57. The molecule has 2 aliphatic heterocycles. The number of benzene rings is 2. The zero-order chi connectivity index (χ0) is 22.1. The number of fused-ring (bicyclic) bond motifs is 1. The van der Waals surface area contributed by atoms with E-state index in [1.807, 2.05) is 64.4 Å². The lowest BCUT2D eigenvalue weighted by Gasteiger charge is -2.35. The van der Waals surface area contributed by atoms with Gasteiger partial charge in [0.25, 0.3) is 11.8 Å². The summed E-state index contributed by atoms with van der Waals surface area (Å²) in [7, 11) is 0. The molecule has 0 spiro atoms. The first-order valence-corrected chi connectivity index (χ1v) is 11.2. The fourth-order valence-corrected chi connectivity index (χ4v) is 4.48. The van der Waals surface area contributed by atoms with Gasteiger partial charge in [0.1, 0.15) is 5.69 Å². The van der Waals surface area contributed by atoms with Crippen LogP contribution in [0.25, 0.3) is 0 Å². The van der Waals surface area contributed by atoms with E-state index in [-0.39, 0.29) is 11.8 Å². The Hall–Kier alpha value is -3.32. The van der Waals surface area contributed by atoms with E-state index in [4.69, 9.17) is 11.6 Å². The third kappa shape index (κ3) is 4.08. The minimum atomic E-state index is -0.125. The Labute approximate surface area is 191 Å². The van der Waals surface area contributed by atoms with E-state index in [1.54, 1.807) is 10.7 Å². The van der Waals surface area contributed by atoms with Gasteiger partial charge in [0.15, 0.2) is 5.69 Å². The molecule has 0 unspecified atom stereocenters. The highest BCUT2D eigenvalue weighted by Crippen LogP contribution is 2.22. The molecule has 3 aromatic rings. The van der Waals surface area contributed by atoms with Gasteiger partial charge in [-0.05, 0) is 23.8 Å². The first-order valence-electron chi connectivity index (χ1n) is 10.8. The number of carbonyl (C=O) groups excluding carboxylic acids is 2. The summed E-state index contributed by atoms with van der Waals surface area (Å²) in [6.07, 6.45) is 0. The second-order valence-corrected chi connectivity index (χ2v) is 8.55. The maximum Gasteiger partial charge on any atom is 0.274 e. The van der Waals surface area contributed by atoms with Gasteiger partial charge in [0.2, 0.25) is 0 Å². The number of halogens is 1. The van der Waals surface area contributed by atoms with Gasteiger partial charge in [0.05, 0.1) is 6.54 Å². The summed E-state index contributed by atoms with van der Waals surface area (Å²) in [5, 5.41) is 5.16. The third-order valence-electron chi connectivity index (χ3n) is 6.04. The predicted molar refractivity (Wildman–Crippen MR) is 123 cm³/mol. The van der Waals surface area contributed by atoms with E-state index in [0.717, 1.165) is 24.3 Å². The minimum Gasteiger partial charge on any atom is -0.368 e. The van der Waals surface area contributed by atoms with Crippen LogP contribution in [-0.2, 0) is 13.1 Å². The molecule has 0 bridgehead atoms. The van der Waals surface area contributed by atoms with Crippen molar-refractivity contribution in [3.63, 3.8) is 0 Å². The van der Waals surface area contributed by atoms with Gasteiger partial charge in [-0.15, -0.1) is 0 Å². The average Bonchev–Trinajstić information content (AvgIpc) is 3.27. The molecule has 32 heavy (non-hydrogen) atoms. The summed E-state index contributed by atoms with van der Waals surface area (Å²) in [6, 6.07) is 19.3. The lowest BCUT2D eigenvalue weighted by molar-refractivity contribution is 0.0680. The second-order valence-electron chi connectivity index (χ2n) is 8.11.